The highest BCUT2D eigenvalue weighted by Crippen LogP contribution is 2.29. The van der Waals surface area contributed by atoms with Gasteiger partial charge in [-0.2, -0.15) is 18.3 Å². The molecule has 170 valence electrons. The minimum atomic E-state index is -4.45. The van der Waals surface area contributed by atoms with E-state index in [1.54, 1.807) is 10.6 Å². The van der Waals surface area contributed by atoms with Gasteiger partial charge in [0.15, 0.2) is 0 Å². The summed E-state index contributed by atoms with van der Waals surface area (Å²) >= 11 is 0. The van der Waals surface area contributed by atoms with Gasteiger partial charge in [-0.15, -0.1) is 0 Å². The smallest absolute Gasteiger partial charge is 0.335 e. The second-order valence-corrected chi connectivity index (χ2v) is 8.14. The molecular weight excluding hydrogens is 411 g/mol. The number of aryl methyl sites for hydroxylation is 1. The van der Waals surface area contributed by atoms with E-state index < -0.39 is 11.7 Å². The topological polar surface area (TPSA) is 63.4 Å². The molecule has 0 atom stereocenters. The van der Waals surface area contributed by atoms with Crippen LogP contribution < -0.4 is 5.69 Å². The van der Waals surface area contributed by atoms with Gasteiger partial charge in [0.25, 0.3) is 0 Å². The number of aromatic nitrogens is 3. The molecule has 0 saturated heterocycles. The molecule has 3 rings (SSSR count). The Balaban J connectivity index is 1.79. The number of nitrogens with zero attached hydrogens (tertiary/aromatic N) is 5. The van der Waals surface area contributed by atoms with Gasteiger partial charge in [-0.25, -0.2) is 9.48 Å². The maximum Gasteiger partial charge on any atom is 0.416 e. The maximum atomic E-state index is 13.1. The molecule has 0 N–H and O–H groups in total. The van der Waals surface area contributed by atoms with E-state index >= 15 is 0 Å². The Kier molecular flexibility index (Phi) is 7.19. The molecule has 1 aliphatic heterocycles. The van der Waals surface area contributed by atoms with E-state index in [0.29, 0.717) is 37.4 Å². The van der Waals surface area contributed by atoms with Crippen molar-refractivity contribution in [2.45, 2.75) is 51.5 Å². The van der Waals surface area contributed by atoms with Crippen molar-refractivity contribution in [2.75, 3.05) is 27.2 Å². The Hall–Kier alpha value is -2.62. The van der Waals surface area contributed by atoms with Gasteiger partial charge in [0.05, 0.1) is 5.56 Å². The van der Waals surface area contributed by atoms with Gasteiger partial charge < -0.3 is 9.80 Å². The Bertz CT molecular complexity index is 965. The molecular formula is C21H28F3N5O2. The first-order valence-corrected chi connectivity index (χ1v) is 10.4. The van der Waals surface area contributed by atoms with Crippen LogP contribution in [0.4, 0.5) is 13.2 Å². The first-order valence-electron chi connectivity index (χ1n) is 10.4. The minimum absolute atomic E-state index is 0.0267. The monoisotopic (exact) mass is 439 g/mol. The lowest BCUT2D eigenvalue weighted by Gasteiger charge is -2.25. The summed E-state index contributed by atoms with van der Waals surface area (Å²) in [7, 11) is 3.70. The molecule has 1 aliphatic rings. The van der Waals surface area contributed by atoms with Crippen molar-refractivity contribution in [2.24, 2.45) is 0 Å². The third-order valence-corrected chi connectivity index (χ3v) is 5.36. The molecule has 0 saturated carbocycles. The summed E-state index contributed by atoms with van der Waals surface area (Å²) in [5.74, 6) is 0.336. The fourth-order valence-electron chi connectivity index (χ4n) is 3.64. The molecule has 0 fully saturated rings. The van der Waals surface area contributed by atoms with Crippen molar-refractivity contribution in [1.29, 1.82) is 0 Å². The lowest BCUT2D eigenvalue weighted by Crippen LogP contribution is -2.40. The highest BCUT2D eigenvalue weighted by atomic mass is 19.4. The largest absolute Gasteiger partial charge is 0.416 e. The van der Waals surface area contributed by atoms with Gasteiger partial charge in [-0.05, 0) is 44.6 Å². The van der Waals surface area contributed by atoms with Gasteiger partial charge in [0.2, 0.25) is 5.91 Å². The van der Waals surface area contributed by atoms with Crippen LogP contribution in [0.15, 0.2) is 29.1 Å². The summed E-state index contributed by atoms with van der Waals surface area (Å²) < 4.78 is 42.0. The van der Waals surface area contributed by atoms with Gasteiger partial charge in [0, 0.05) is 32.6 Å². The predicted octanol–water partition coefficient (Wildman–Crippen LogP) is 2.38. The molecule has 31 heavy (non-hydrogen) atoms. The van der Waals surface area contributed by atoms with Crippen molar-refractivity contribution in [3.05, 3.63) is 51.7 Å². The van der Waals surface area contributed by atoms with Crippen molar-refractivity contribution in [3.63, 3.8) is 0 Å². The number of likely N-dealkylation sites (N-methyl/N-ethyl adjacent to an activating group) is 1. The average Bonchev–Trinajstić information content (AvgIpc) is 2.86. The highest BCUT2D eigenvalue weighted by Gasteiger charge is 2.30. The molecule has 0 bridgehead atoms. The van der Waals surface area contributed by atoms with E-state index in [1.165, 1.54) is 15.6 Å². The van der Waals surface area contributed by atoms with E-state index in [0.717, 1.165) is 31.4 Å². The number of carbonyl (C=O) groups is 1. The molecule has 2 heterocycles. The summed E-state index contributed by atoms with van der Waals surface area (Å²) in [6, 6.07) is 4.97. The predicted molar refractivity (Wildman–Crippen MR) is 109 cm³/mol. The third-order valence-electron chi connectivity index (χ3n) is 5.36. The Morgan fingerprint density at radius 1 is 1.16 bits per heavy atom. The Morgan fingerprint density at radius 2 is 1.94 bits per heavy atom. The molecule has 0 aliphatic carbocycles. The molecule has 0 radical (unpaired) electrons. The van der Waals surface area contributed by atoms with Crippen LogP contribution in [0.5, 0.6) is 0 Å². The fourth-order valence-corrected chi connectivity index (χ4v) is 3.64. The van der Waals surface area contributed by atoms with Crippen molar-refractivity contribution in [1.82, 2.24) is 24.1 Å². The van der Waals surface area contributed by atoms with Gasteiger partial charge in [-0.3, -0.25) is 9.36 Å². The van der Waals surface area contributed by atoms with Crippen molar-refractivity contribution < 1.29 is 18.0 Å². The van der Waals surface area contributed by atoms with Crippen molar-refractivity contribution in [3.8, 4) is 0 Å². The van der Waals surface area contributed by atoms with E-state index in [9.17, 15) is 22.8 Å². The summed E-state index contributed by atoms with van der Waals surface area (Å²) in [6.07, 6.45) is -0.857. The standard InChI is InChI=1S/C21H28F3N5O2/c1-26(2)11-12-27(14-16-7-6-8-17(13-16)21(22,23)24)19(30)15-29-20(31)28-10-5-3-4-9-18(28)25-29/h6-8,13H,3-5,9-12,14-15H2,1-2H3. The minimum Gasteiger partial charge on any atom is -0.335 e. The van der Waals surface area contributed by atoms with Crippen LogP contribution in [0.3, 0.4) is 0 Å². The Morgan fingerprint density at radius 3 is 2.65 bits per heavy atom. The van der Waals surface area contributed by atoms with Crippen LogP contribution >= 0.6 is 0 Å². The van der Waals surface area contributed by atoms with Crippen molar-refractivity contribution >= 4 is 5.91 Å². The Labute approximate surface area is 179 Å². The number of hydrogen-bond acceptors (Lipinski definition) is 4. The van der Waals surface area contributed by atoms with Gasteiger partial charge in [0.1, 0.15) is 12.4 Å². The summed E-state index contributed by atoms with van der Waals surface area (Å²) in [4.78, 5) is 29.0. The van der Waals surface area contributed by atoms with E-state index in [4.69, 9.17) is 0 Å². The van der Waals surface area contributed by atoms with Crippen LogP contribution in [0.25, 0.3) is 0 Å². The molecule has 1 amide bonds. The van der Waals surface area contributed by atoms with E-state index in [-0.39, 0.29) is 24.7 Å². The van der Waals surface area contributed by atoms with Crippen LogP contribution in [0.1, 0.15) is 36.2 Å². The first kappa shape index (κ1) is 23.1. The van der Waals surface area contributed by atoms with E-state index in [1.807, 2.05) is 19.0 Å². The third kappa shape index (κ3) is 5.96. The maximum absolute atomic E-state index is 13.1. The number of carbonyl (C=O) groups excluding carboxylic acids is 1. The van der Waals surface area contributed by atoms with Crippen LogP contribution in [-0.4, -0.2) is 57.2 Å². The number of amides is 1. The SMILES string of the molecule is CN(C)CCN(Cc1cccc(C(F)(F)F)c1)C(=O)Cn1nc2n(c1=O)CCCCC2. The molecule has 1 aromatic carbocycles. The molecule has 7 nitrogen and oxygen atoms in total. The molecule has 0 unspecified atom stereocenters. The van der Waals surface area contributed by atoms with E-state index in [2.05, 4.69) is 5.10 Å². The molecule has 0 spiro atoms. The van der Waals surface area contributed by atoms with Crippen LogP contribution in [-0.2, 0) is 37.0 Å². The quantitative estimate of drug-likeness (QED) is 0.665. The number of fused-ring (bicyclic) bond motifs is 1. The number of alkyl halides is 3. The summed E-state index contributed by atoms with van der Waals surface area (Å²) in [5, 5.41) is 4.34. The zero-order valence-electron chi connectivity index (χ0n) is 17.9. The van der Waals surface area contributed by atoms with Gasteiger partial charge >= 0.3 is 11.9 Å². The fraction of sp³-hybridized carbons (Fsp3) is 0.571. The second-order valence-electron chi connectivity index (χ2n) is 8.14. The summed E-state index contributed by atoms with van der Waals surface area (Å²) in [6.45, 7) is 1.25. The normalized spacial score (nSPS) is 14.4. The zero-order valence-corrected chi connectivity index (χ0v) is 17.9. The summed E-state index contributed by atoms with van der Waals surface area (Å²) in [5.41, 5.74) is -0.675. The van der Waals surface area contributed by atoms with Crippen LogP contribution in [0, 0.1) is 0 Å². The first-order chi connectivity index (χ1) is 14.6. The number of benzene rings is 1. The molecule has 2 aromatic rings. The molecule has 1 aromatic heterocycles. The number of rotatable bonds is 7. The number of halogens is 3. The molecule has 10 heteroatoms. The lowest BCUT2D eigenvalue weighted by molar-refractivity contribution is -0.137. The van der Waals surface area contributed by atoms with Crippen LogP contribution in [0.2, 0.25) is 0 Å². The zero-order chi connectivity index (χ0) is 22.6. The average molecular weight is 439 g/mol. The number of hydrogen-bond donors (Lipinski definition) is 0. The lowest BCUT2D eigenvalue weighted by atomic mass is 10.1. The van der Waals surface area contributed by atoms with Gasteiger partial charge in [-0.1, -0.05) is 18.6 Å². The highest BCUT2D eigenvalue weighted by molar-refractivity contribution is 5.75. The second kappa shape index (κ2) is 9.67.